The zero-order valence-electron chi connectivity index (χ0n) is 14.6. The van der Waals surface area contributed by atoms with E-state index in [1.54, 1.807) is 12.1 Å². The average Bonchev–Trinajstić information content (AvgIpc) is 3.28. The fourth-order valence-electron chi connectivity index (χ4n) is 3.35. The number of aliphatic hydroxyl groups is 2. The van der Waals surface area contributed by atoms with E-state index in [1.807, 2.05) is 42.3 Å². The number of benzene rings is 1. The van der Waals surface area contributed by atoms with Crippen molar-refractivity contribution in [3.8, 4) is 0 Å². The number of likely N-dealkylation sites (N-methyl/N-ethyl adjacent to an activating group) is 1. The molecule has 3 N–H and O–H groups in total. The van der Waals surface area contributed by atoms with Crippen LogP contribution in [-0.2, 0) is 11.3 Å². The second-order valence-electron chi connectivity index (χ2n) is 6.46. The van der Waals surface area contributed by atoms with Crippen molar-refractivity contribution in [2.75, 3.05) is 20.2 Å². The predicted octanol–water partition coefficient (Wildman–Crippen LogP) is 0.631. The highest BCUT2D eigenvalue weighted by Gasteiger charge is 2.45. The van der Waals surface area contributed by atoms with Crippen LogP contribution in [0.15, 0.2) is 53.1 Å². The lowest BCUT2D eigenvalue weighted by Crippen LogP contribution is -2.49. The first-order valence-electron chi connectivity index (χ1n) is 8.60. The van der Waals surface area contributed by atoms with Gasteiger partial charge in [-0.2, -0.15) is 0 Å². The average molecular weight is 360 g/mol. The van der Waals surface area contributed by atoms with E-state index in [0.29, 0.717) is 6.54 Å². The molecule has 140 valence electrons. The minimum Gasteiger partial charge on any atom is -0.459 e. The molecule has 0 saturated carbocycles. The van der Waals surface area contributed by atoms with Crippen LogP contribution in [0.1, 0.15) is 16.1 Å². The number of furan rings is 1. The van der Waals surface area contributed by atoms with Crippen LogP contribution in [0.5, 0.6) is 0 Å². The molecule has 1 fully saturated rings. The predicted molar refractivity (Wildman–Crippen MR) is 94.5 cm³/mol. The van der Waals surface area contributed by atoms with Gasteiger partial charge in [-0.1, -0.05) is 30.3 Å². The summed E-state index contributed by atoms with van der Waals surface area (Å²) >= 11 is 0. The molecule has 0 spiro atoms. The Balaban J connectivity index is 1.66. The summed E-state index contributed by atoms with van der Waals surface area (Å²) in [4.78, 5) is 14.1. The molecule has 7 heteroatoms. The highest BCUT2D eigenvalue weighted by Crippen LogP contribution is 2.26. The van der Waals surface area contributed by atoms with Gasteiger partial charge >= 0.3 is 0 Å². The van der Waals surface area contributed by atoms with Crippen LogP contribution in [0.3, 0.4) is 0 Å². The van der Waals surface area contributed by atoms with Gasteiger partial charge < -0.3 is 24.7 Å². The highest BCUT2D eigenvalue weighted by molar-refractivity contribution is 5.91. The van der Waals surface area contributed by atoms with E-state index in [9.17, 15) is 15.0 Å². The molecule has 7 nitrogen and oxygen atoms in total. The Labute approximate surface area is 152 Å². The van der Waals surface area contributed by atoms with Gasteiger partial charge in [0.25, 0.3) is 5.91 Å². The molecule has 4 unspecified atom stereocenters. The number of hydrogen-bond donors (Lipinski definition) is 3. The molecular weight excluding hydrogens is 336 g/mol. The van der Waals surface area contributed by atoms with Gasteiger partial charge in [-0.05, 0) is 24.7 Å². The monoisotopic (exact) mass is 360 g/mol. The Kier molecular flexibility index (Phi) is 6.05. The minimum absolute atomic E-state index is 0.205. The van der Waals surface area contributed by atoms with Crippen molar-refractivity contribution in [1.29, 1.82) is 0 Å². The van der Waals surface area contributed by atoms with Gasteiger partial charge in [-0.3, -0.25) is 9.69 Å². The first-order valence-corrected chi connectivity index (χ1v) is 8.60. The van der Waals surface area contributed by atoms with Crippen molar-refractivity contribution in [3.05, 3.63) is 60.1 Å². The highest BCUT2D eigenvalue weighted by atomic mass is 16.5. The quantitative estimate of drug-likeness (QED) is 0.670. The summed E-state index contributed by atoms with van der Waals surface area (Å²) < 4.78 is 10.8. The topological polar surface area (TPSA) is 95.2 Å². The number of aliphatic hydroxyl groups excluding tert-OH is 2. The third-order valence-corrected chi connectivity index (χ3v) is 4.63. The number of carbonyl (C=O) groups excluding carboxylic acids is 1. The molecule has 1 saturated heterocycles. The molecule has 0 radical (unpaired) electrons. The molecule has 26 heavy (non-hydrogen) atoms. The Bertz CT molecular complexity index is 691. The van der Waals surface area contributed by atoms with E-state index in [2.05, 4.69) is 5.32 Å². The molecular formula is C19H24N2O5. The maximum atomic E-state index is 12.1. The summed E-state index contributed by atoms with van der Waals surface area (Å²) in [5, 5.41) is 22.8. The zero-order valence-corrected chi connectivity index (χ0v) is 14.6. The van der Waals surface area contributed by atoms with Crippen LogP contribution in [0.4, 0.5) is 0 Å². The fraction of sp³-hybridized carbons (Fsp3) is 0.421. The third-order valence-electron chi connectivity index (χ3n) is 4.63. The van der Waals surface area contributed by atoms with Crippen molar-refractivity contribution < 1.29 is 24.2 Å². The number of nitrogens with zero attached hydrogens (tertiary/aromatic N) is 1. The van der Waals surface area contributed by atoms with Crippen molar-refractivity contribution in [1.82, 2.24) is 10.2 Å². The Morgan fingerprint density at radius 3 is 2.62 bits per heavy atom. The lowest BCUT2D eigenvalue weighted by Gasteiger charge is -2.30. The van der Waals surface area contributed by atoms with E-state index in [0.717, 1.165) is 5.56 Å². The largest absolute Gasteiger partial charge is 0.459 e. The second kappa shape index (κ2) is 8.46. The van der Waals surface area contributed by atoms with Gasteiger partial charge in [0.2, 0.25) is 0 Å². The lowest BCUT2D eigenvalue weighted by atomic mass is 10.0. The maximum Gasteiger partial charge on any atom is 0.287 e. The molecule has 1 aliphatic heterocycles. The Morgan fingerprint density at radius 2 is 1.96 bits per heavy atom. The van der Waals surface area contributed by atoms with Crippen molar-refractivity contribution in [2.45, 2.75) is 30.9 Å². The molecule has 1 aromatic carbocycles. The molecule has 2 aromatic rings. The number of carbonyl (C=O) groups is 1. The summed E-state index contributed by atoms with van der Waals surface area (Å²) in [6.45, 7) is 0.545. The summed E-state index contributed by atoms with van der Waals surface area (Å²) in [6, 6.07) is 12.8. The molecule has 4 atom stereocenters. The Morgan fingerprint density at radius 1 is 1.19 bits per heavy atom. The molecule has 1 aliphatic rings. The molecule has 0 aliphatic carbocycles. The third kappa shape index (κ3) is 4.13. The first kappa shape index (κ1) is 18.6. The molecule has 3 rings (SSSR count). The molecule has 1 aromatic heterocycles. The normalized spacial score (nSPS) is 25.5. The lowest BCUT2D eigenvalue weighted by molar-refractivity contribution is -0.0209. The standard InChI is InChI=1S/C19H24N2O5/c1-21(11-13-6-3-2-4-7-13)17-15(26-16(12-22)18(17)23)10-20-19(24)14-8-5-9-25-14/h2-9,15-18,22-23H,10-12H2,1H3,(H,20,24). The van der Waals surface area contributed by atoms with Crippen LogP contribution in [0.2, 0.25) is 0 Å². The van der Waals surface area contributed by atoms with Crippen LogP contribution >= 0.6 is 0 Å². The van der Waals surface area contributed by atoms with E-state index < -0.39 is 18.3 Å². The van der Waals surface area contributed by atoms with Crippen molar-refractivity contribution in [3.63, 3.8) is 0 Å². The van der Waals surface area contributed by atoms with Gasteiger partial charge in [0.05, 0.1) is 25.0 Å². The summed E-state index contributed by atoms with van der Waals surface area (Å²) in [6.07, 6.45) is -0.541. The fourth-order valence-corrected chi connectivity index (χ4v) is 3.35. The van der Waals surface area contributed by atoms with Crippen molar-refractivity contribution in [2.24, 2.45) is 0 Å². The number of nitrogens with one attached hydrogen (secondary N) is 1. The van der Waals surface area contributed by atoms with Crippen LogP contribution in [0, 0.1) is 0 Å². The number of ether oxygens (including phenoxy) is 1. The minimum atomic E-state index is -0.848. The summed E-state index contributed by atoms with van der Waals surface area (Å²) in [5.74, 6) is -0.124. The van der Waals surface area contributed by atoms with Gasteiger partial charge in [0.1, 0.15) is 12.2 Å². The Hall–Kier alpha value is -2.19. The molecule has 1 amide bonds. The van der Waals surface area contributed by atoms with Crippen LogP contribution < -0.4 is 5.32 Å². The maximum absolute atomic E-state index is 12.1. The van der Waals surface area contributed by atoms with Gasteiger partial charge in [0, 0.05) is 13.1 Å². The SMILES string of the molecule is CN(Cc1ccccc1)C1C(CNC(=O)c2ccco2)OC(CO)C1O. The van der Waals surface area contributed by atoms with E-state index in [4.69, 9.17) is 9.15 Å². The number of amides is 1. The number of hydrogen-bond acceptors (Lipinski definition) is 6. The van der Waals surface area contributed by atoms with Crippen molar-refractivity contribution >= 4 is 5.91 Å². The van der Waals surface area contributed by atoms with E-state index in [1.165, 1.54) is 6.26 Å². The second-order valence-corrected chi connectivity index (χ2v) is 6.46. The zero-order chi connectivity index (χ0) is 18.5. The first-order chi connectivity index (χ1) is 12.6. The van der Waals surface area contributed by atoms with E-state index in [-0.39, 0.29) is 30.9 Å². The van der Waals surface area contributed by atoms with E-state index >= 15 is 0 Å². The number of rotatable bonds is 7. The summed E-state index contributed by atoms with van der Waals surface area (Å²) in [5.41, 5.74) is 1.10. The van der Waals surface area contributed by atoms with Crippen LogP contribution in [-0.4, -0.2) is 65.6 Å². The molecule has 2 heterocycles. The van der Waals surface area contributed by atoms with Gasteiger partial charge in [-0.25, -0.2) is 0 Å². The van der Waals surface area contributed by atoms with Gasteiger partial charge in [0.15, 0.2) is 5.76 Å². The smallest absolute Gasteiger partial charge is 0.287 e. The summed E-state index contributed by atoms with van der Waals surface area (Å²) in [7, 11) is 1.89. The van der Waals surface area contributed by atoms with Gasteiger partial charge in [-0.15, -0.1) is 0 Å². The van der Waals surface area contributed by atoms with Crippen LogP contribution in [0.25, 0.3) is 0 Å². The molecule has 0 bridgehead atoms.